The average molecular weight is 324 g/mol. The molecule has 0 N–H and O–H groups in total. The zero-order valence-corrected chi connectivity index (χ0v) is 13.6. The van der Waals surface area contributed by atoms with E-state index in [9.17, 15) is 0 Å². The van der Waals surface area contributed by atoms with Gasteiger partial charge in [0.15, 0.2) is 0 Å². The van der Waals surface area contributed by atoms with E-state index >= 15 is 0 Å². The van der Waals surface area contributed by atoms with Crippen LogP contribution in [-0.4, -0.2) is 11.8 Å². The van der Waals surface area contributed by atoms with Gasteiger partial charge in [0.05, 0.1) is 16.1 Å². The molecule has 2 atom stereocenters. The largest absolute Gasteiger partial charge is 0.497 e. The summed E-state index contributed by atoms with van der Waals surface area (Å²) in [5, 5.41) is 0. The van der Waals surface area contributed by atoms with Gasteiger partial charge in [0.1, 0.15) is 5.75 Å². The molecule has 0 aliphatic carbocycles. The molecule has 1 aromatic rings. The first kappa shape index (κ1) is 12.3. The first-order chi connectivity index (χ1) is 7.67. The van der Waals surface area contributed by atoms with Crippen molar-refractivity contribution >= 4 is 60.3 Å². The Morgan fingerprint density at radius 2 is 1.81 bits per heavy atom. The minimum Gasteiger partial charge on any atom is -0.497 e. The molecule has 3 saturated heterocycles. The van der Waals surface area contributed by atoms with Gasteiger partial charge in [0, 0.05) is 14.2 Å². The van der Waals surface area contributed by atoms with Gasteiger partial charge in [-0.15, -0.1) is 0 Å². The van der Waals surface area contributed by atoms with Crippen molar-refractivity contribution in [3.05, 3.63) is 29.8 Å². The van der Waals surface area contributed by atoms with Crippen LogP contribution in [0.25, 0.3) is 0 Å². The molecule has 1 nitrogen and oxygen atoms in total. The highest BCUT2D eigenvalue weighted by Gasteiger charge is 2.66. The maximum atomic E-state index is 5.18. The summed E-state index contributed by atoms with van der Waals surface area (Å²) in [5.41, 5.74) is 1.34. The molecule has 3 aliphatic heterocycles. The highest BCUT2D eigenvalue weighted by Crippen LogP contribution is 3.10. The van der Waals surface area contributed by atoms with Gasteiger partial charge in [-0.3, -0.25) is 0 Å². The molecule has 0 spiro atoms. The van der Waals surface area contributed by atoms with Gasteiger partial charge in [0.2, 0.25) is 0 Å². The van der Waals surface area contributed by atoms with Crippen LogP contribution in [-0.2, 0) is 4.23 Å². The topological polar surface area (TPSA) is 9.23 Å². The van der Waals surface area contributed by atoms with Crippen LogP contribution in [0.5, 0.6) is 5.75 Å². The Morgan fingerprint density at radius 3 is 2.25 bits per heavy atom. The Bertz CT molecular complexity index is 400. The summed E-state index contributed by atoms with van der Waals surface area (Å²) in [4.78, 5) is 0. The standard InChI is InChI=1S/C9H10OP2S4/c1-10-7-4-2-6(3-5-7)9(14)11-8(13)12(9)16-15-11/h2-5,8,13-14H,1H3. The number of fused-ring (bicyclic) bond motifs is 1. The molecule has 0 aromatic heterocycles. The monoisotopic (exact) mass is 324 g/mol. The summed E-state index contributed by atoms with van der Waals surface area (Å²) >= 11 is 9.65. The van der Waals surface area contributed by atoms with Crippen molar-refractivity contribution in [1.82, 2.24) is 0 Å². The fourth-order valence-electron chi connectivity index (χ4n) is 1.78. The van der Waals surface area contributed by atoms with E-state index < -0.39 is 0 Å². The van der Waals surface area contributed by atoms with Gasteiger partial charge in [0.25, 0.3) is 0 Å². The first-order valence-corrected chi connectivity index (χ1v) is 11.8. The highest BCUT2D eigenvalue weighted by molar-refractivity contribution is 9.22. The van der Waals surface area contributed by atoms with Crippen LogP contribution in [0.1, 0.15) is 5.56 Å². The number of methoxy groups -OCH3 is 1. The zero-order chi connectivity index (χ0) is 11.3. The molecule has 7 heteroatoms. The van der Waals surface area contributed by atoms with E-state index in [2.05, 4.69) is 24.8 Å². The molecular weight excluding hydrogens is 314 g/mol. The molecule has 2 bridgehead atoms. The van der Waals surface area contributed by atoms with Gasteiger partial charge >= 0.3 is 0 Å². The number of rotatable bonds is 2. The van der Waals surface area contributed by atoms with Gasteiger partial charge in [-0.05, 0) is 17.7 Å². The minimum atomic E-state index is -0.122. The second kappa shape index (κ2) is 4.43. The van der Waals surface area contributed by atoms with Crippen molar-refractivity contribution in [2.75, 3.05) is 7.11 Å². The van der Waals surface area contributed by atoms with Crippen molar-refractivity contribution < 1.29 is 4.74 Å². The van der Waals surface area contributed by atoms with Crippen LogP contribution in [0, 0.1) is 0 Å². The third-order valence-electron chi connectivity index (χ3n) is 2.71. The Hall–Kier alpha value is 1.28. The average Bonchev–Trinajstić information content (AvgIpc) is 2.89. The van der Waals surface area contributed by atoms with E-state index in [1.807, 2.05) is 33.0 Å². The Kier molecular flexibility index (Phi) is 3.41. The fourth-order valence-corrected chi connectivity index (χ4v) is 32.3. The Balaban J connectivity index is 1.93. The molecule has 16 heavy (non-hydrogen) atoms. The van der Waals surface area contributed by atoms with Crippen molar-refractivity contribution in [3.63, 3.8) is 0 Å². The van der Waals surface area contributed by atoms with Crippen LogP contribution < -0.4 is 4.74 Å². The summed E-state index contributed by atoms with van der Waals surface area (Å²) in [6, 6.07) is 8.37. The number of thiol groups is 2. The predicted octanol–water partition coefficient (Wildman–Crippen LogP) is 5.15. The van der Waals surface area contributed by atoms with Crippen LogP contribution in [0.2, 0.25) is 0 Å². The minimum absolute atomic E-state index is 0.122. The summed E-state index contributed by atoms with van der Waals surface area (Å²) in [5.74, 6) is 0.913. The van der Waals surface area contributed by atoms with Crippen molar-refractivity contribution in [3.8, 4) is 5.75 Å². The highest BCUT2D eigenvalue weighted by atomic mass is 33.5. The summed E-state index contributed by atoms with van der Waals surface area (Å²) in [6.07, 6.45) is 0. The molecule has 3 heterocycles. The number of ether oxygens (including phenoxy) is 1. The van der Waals surface area contributed by atoms with Gasteiger partial charge in [-0.1, -0.05) is 33.0 Å². The van der Waals surface area contributed by atoms with E-state index in [1.165, 1.54) is 5.56 Å². The van der Waals surface area contributed by atoms with E-state index in [0.29, 0.717) is 4.73 Å². The summed E-state index contributed by atoms with van der Waals surface area (Å²) in [7, 11) is 5.49. The van der Waals surface area contributed by atoms with Crippen molar-refractivity contribution in [1.29, 1.82) is 0 Å². The SMILES string of the molecule is COc1ccc(C2(S)P3SSP2C3S)cc1. The van der Waals surface area contributed by atoms with E-state index in [4.69, 9.17) is 17.4 Å². The molecule has 86 valence electrons. The van der Waals surface area contributed by atoms with E-state index in [0.717, 1.165) is 5.75 Å². The molecule has 3 aliphatic rings. The van der Waals surface area contributed by atoms with Gasteiger partial charge < -0.3 is 4.74 Å². The molecule has 0 amide bonds. The normalized spacial score (nSPS) is 40.6. The summed E-state index contributed by atoms with van der Waals surface area (Å²) in [6.45, 7) is 0. The lowest BCUT2D eigenvalue weighted by atomic mass is 10.2. The second-order valence-electron chi connectivity index (χ2n) is 3.51. The lowest BCUT2D eigenvalue weighted by molar-refractivity contribution is 0.414. The van der Waals surface area contributed by atoms with Crippen LogP contribution in [0.4, 0.5) is 0 Å². The van der Waals surface area contributed by atoms with Crippen LogP contribution in [0.3, 0.4) is 0 Å². The Morgan fingerprint density at radius 1 is 1.25 bits per heavy atom. The maximum absolute atomic E-state index is 5.18. The Labute approximate surface area is 116 Å². The van der Waals surface area contributed by atoms with Crippen LogP contribution >= 0.6 is 60.3 Å². The summed E-state index contributed by atoms with van der Waals surface area (Å²) < 4.78 is 5.92. The molecule has 3 fully saturated rings. The van der Waals surface area contributed by atoms with E-state index in [-0.39, 0.29) is 18.5 Å². The number of benzene rings is 1. The quantitative estimate of drug-likeness (QED) is 0.442. The number of hydrogen-bond donors (Lipinski definition) is 2. The molecular formula is C9H10OP2S4. The maximum Gasteiger partial charge on any atom is 0.118 e. The van der Waals surface area contributed by atoms with Crippen molar-refractivity contribution in [2.45, 2.75) is 8.96 Å². The fraction of sp³-hybridized carbons (Fsp3) is 0.333. The molecule has 0 radical (unpaired) electrons. The van der Waals surface area contributed by atoms with E-state index in [1.54, 1.807) is 7.11 Å². The molecule has 0 saturated carbocycles. The first-order valence-electron chi connectivity index (χ1n) is 4.66. The smallest absolute Gasteiger partial charge is 0.118 e. The predicted molar refractivity (Wildman–Crippen MR) is 85.5 cm³/mol. The second-order valence-corrected chi connectivity index (χ2v) is 16.9. The number of hydrogen-bond acceptors (Lipinski definition) is 5. The van der Waals surface area contributed by atoms with Crippen molar-refractivity contribution in [2.24, 2.45) is 0 Å². The lowest BCUT2D eigenvalue weighted by Gasteiger charge is -2.48. The third-order valence-corrected chi connectivity index (χ3v) is 24.2. The van der Waals surface area contributed by atoms with Gasteiger partial charge in [-0.2, -0.15) is 25.3 Å². The van der Waals surface area contributed by atoms with Gasteiger partial charge in [-0.25, -0.2) is 0 Å². The molecule has 4 rings (SSSR count). The molecule has 1 aromatic carbocycles. The third kappa shape index (κ3) is 1.59. The lowest BCUT2D eigenvalue weighted by Crippen LogP contribution is -2.24. The molecule has 2 unspecified atom stereocenters. The van der Waals surface area contributed by atoms with Crippen LogP contribution in [0.15, 0.2) is 24.3 Å². The zero-order valence-electron chi connectivity index (χ0n) is 8.40.